The zero-order valence-corrected chi connectivity index (χ0v) is 31.5. The highest BCUT2D eigenvalue weighted by molar-refractivity contribution is 7.25. The number of fused-ring (bicyclic) bond motifs is 6. The van der Waals surface area contributed by atoms with Crippen molar-refractivity contribution in [3.8, 4) is 44.9 Å². The first kappa shape index (κ1) is 33.0. The van der Waals surface area contributed by atoms with Gasteiger partial charge in [-0.1, -0.05) is 152 Å². The SMILES string of the molecule is c1ccc(-c2ccc(N(c3ccccc3)c3ccc(-c4ccc(-c5nc(-c6ccccc6)nc6sc7ccccc7c56)cc4)c4oc5ccccc5c34)cc2)cc1. The highest BCUT2D eigenvalue weighted by atomic mass is 32.1. The summed E-state index contributed by atoms with van der Waals surface area (Å²) in [5.41, 5.74) is 12.3. The Kier molecular flexibility index (Phi) is 7.97. The third kappa shape index (κ3) is 5.76. The van der Waals surface area contributed by atoms with Crippen molar-refractivity contribution in [3.05, 3.63) is 200 Å². The first-order chi connectivity index (χ1) is 28.3. The van der Waals surface area contributed by atoms with E-state index >= 15 is 0 Å². The Morgan fingerprint density at radius 3 is 1.75 bits per heavy atom. The second-order valence-electron chi connectivity index (χ2n) is 14.1. The summed E-state index contributed by atoms with van der Waals surface area (Å²) >= 11 is 1.72. The fourth-order valence-electron chi connectivity index (χ4n) is 8.02. The molecule has 0 N–H and O–H groups in total. The summed E-state index contributed by atoms with van der Waals surface area (Å²) in [7, 11) is 0. The Hall–Kier alpha value is -7.34. The first-order valence-corrected chi connectivity index (χ1v) is 19.9. The molecule has 11 aromatic rings. The summed E-state index contributed by atoms with van der Waals surface area (Å²) in [5, 5.41) is 4.40. The van der Waals surface area contributed by atoms with Crippen molar-refractivity contribution in [1.29, 1.82) is 0 Å². The molecule has 0 unspecified atom stereocenters. The number of hydrogen-bond acceptors (Lipinski definition) is 5. The minimum absolute atomic E-state index is 0.728. The third-order valence-electron chi connectivity index (χ3n) is 10.7. The number of anilines is 3. The van der Waals surface area contributed by atoms with Crippen LogP contribution in [0.1, 0.15) is 0 Å². The Balaban J connectivity index is 1.06. The Morgan fingerprint density at radius 2 is 1.00 bits per heavy atom. The van der Waals surface area contributed by atoms with Gasteiger partial charge in [0.15, 0.2) is 5.82 Å². The number of thiophene rings is 1. The van der Waals surface area contributed by atoms with Crippen molar-refractivity contribution >= 4 is 70.6 Å². The van der Waals surface area contributed by atoms with E-state index in [4.69, 9.17) is 14.4 Å². The number of rotatable bonds is 7. The number of benzene rings is 8. The molecule has 0 spiro atoms. The van der Waals surface area contributed by atoms with Crippen LogP contribution in [0.25, 0.3) is 87.1 Å². The predicted molar refractivity (Wildman–Crippen MR) is 239 cm³/mol. The van der Waals surface area contributed by atoms with Crippen LogP contribution >= 0.6 is 11.3 Å². The molecule has 0 aliphatic carbocycles. The maximum absolute atomic E-state index is 6.81. The van der Waals surface area contributed by atoms with Gasteiger partial charge in [0.05, 0.1) is 16.8 Å². The van der Waals surface area contributed by atoms with E-state index in [9.17, 15) is 0 Å². The van der Waals surface area contributed by atoms with Crippen LogP contribution in [-0.4, -0.2) is 9.97 Å². The third-order valence-corrected chi connectivity index (χ3v) is 11.8. The quantitative estimate of drug-likeness (QED) is 0.163. The summed E-state index contributed by atoms with van der Waals surface area (Å²) in [5.74, 6) is 0.728. The van der Waals surface area contributed by atoms with E-state index in [0.717, 1.165) is 83.0 Å². The standard InChI is InChI=1S/C52H33N3OS/c1-4-14-34(15-5-1)35-28-30-40(31-29-35)55(39-18-8-3-9-19-39)44-33-32-41(50-47(44)42-20-10-12-22-45(42)56-50)36-24-26-37(27-25-36)49-48-43-21-11-13-23-46(43)57-52(48)54-51(53-49)38-16-6-2-7-17-38/h1-33H. The zero-order chi connectivity index (χ0) is 37.7. The van der Waals surface area contributed by atoms with Crippen molar-refractivity contribution in [2.24, 2.45) is 0 Å². The van der Waals surface area contributed by atoms with E-state index in [1.165, 1.54) is 21.2 Å². The van der Waals surface area contributed by atoms with Gasteiger partial charge < -0.3 is 9.32 Å². The van der Waals surface area contributed by atoms with Gasteiger partial charge in [-0.25, -0.2) is 9.97 Å². The Morgan fingerprint density at radius 1 is 0.421 bits per heavy atom. The lowest BCUT2D eigenvalue weighted by Gasteiger charge is -2.27. The molecule has 0 bridgehead atoms. The van der Waals surface area contributed by atoms with Crippen LogP contribution in [-0.2, 0) is 0 Å². The maximum Gasteiger partial charge on any atom is 0.161 e. The molecule has 3 aromatic heterocycles. The van der Waals surface area contributed by atoms with Crippen LogP contribution in [0, 0.1) is 0 Å². The molecule has 0 radical (unpaired) electrons. The van der Waals surface area contributed by atoms with Gasteiger partial charge in [0, 0.05) is 48.9 Å². The summed E-state index contributed by atoms with van der Waals surface area (Å²) in [6, 6.07) is 70.2. The average molecular weight is 748 g/mol. The molecule has 0 saturated carbocycles. The molecule has 0 amide bonds. The lowest BCUT2D eigenvalue weighted by molar-refractivity contribution is 0.670. The molecule has 0 aliphatic heterocycles. The van der Waals surface area contributed by atoms with Crippen LogP contribution < -0.4 is 4.90 Å². The van der Waals surface area contributed by atoms with E-state index in [-0.39, 0.29) is 0 Å². The van der Waals surface area contributed by atoms with Crippen LogP contribution in [0.3, 0.4) is 0 Å². The van der Waals surface area contributed by atoms with Crippen molar-refractivity contribution in [2.45, 2.75) is 0 Å². The molecule has 0 aliphatic rings. The van der Waals surface area contributed by atoms with Crippen molar-refractivity contribution < 1.29 is 4.42 Å². The largest absolute Gasteiger partial charge is 0.455 e. The van der Waals surface area contributed by atoms with E-state index in [0.29, 0.717) is 0 Å². The van der Waals surface area contributed by atoms with Gasteiger partial charge in [-0.05, 0) is 65.2 Å². The summed E-state index contributed by atoms with van der Waals surface area (Å²) in [6.45, 7) is 0. The van der Waals surface area contributed by atoms with Gasteiger partial charge in [-0.15, -0.1) is 11.3 Å². The second kappa shape index (κ2) is 13.7. The molecule has 57 heavy (non-hydrogen) atoms. The lowest BCUT2D eigenvalue weighted by atomic mass is 9.97. The fourth-order valence-corrected chi connectivity index (χ4v) is 9.09. The molecule has 3 heterocycles. The highest BCUT2D eigenvalue weighted by Crippen LogP contribution is 2.47. The summed E-state index contributed by atoms with van der Waals surface area (Å²) in [4.78, 5) is 13.6. The summed E-state index contributed by atoms with van der Waals surface area (Å²) in [6.07, 6.45) is 0. The van der Waals surface area contributed by atoms with E-state index in [2.05, 4.69) is 181 Å². The Bertz CT molecular complexity index is 3210. The van der Waals surface area contributed by atoms with E-state index < -0.39 is 0 Å². The number of nitrogens with zero attached hydrogens (tertiary/aromatic N) is 3. The predicted octanol–water partition coefficient (Wildman–Crippen LogP) is 14.9. The monoisotopic (exact) mass is 747 g/mol. The number of hydrogen-bond donors (Lipinski definition) is 0. The van der Waals surface area contributed by atoms with Crippen LogP contribution in [0.2, 0.25) is 0 Å². The first-order valence-electron chi connectivity index (χ1n) is 19.1. The van der Waals surface area contributed by atoms with Crippen LogP contribution in [0.5, 0.6) is 0 Å². The number of furan rings is 1. The topological polar surface area (TPSA) is 42.2 Å². The molecular formula is C52H33N3OS. The maximum atomic E-state index is 6.81. The molecule has 0 saturated heterocycles. The molecule has 11 rings (SSSR count). The van der Waals surface area contributed by atoms with Gasteiger partial charge in [-0.3, -0.25) is 0 Å². The van der Waals surface area contributed by atoms with E-state index in [1.54, 1.807) is 11.3 Å². The average Bonchev–Trinajstić information content (AvgIpc) is 3.87. The fraction of sp³-hybridized carbons (Fsp3) is 0. The molecule has 0 atom stereocenters. The van der Waals surface area contributed by atoms with Gasteiger partial charge in [-0.2, -0.15) is 0 Å². The molecule has 268 valence electrons. The summed E-state index contributed by atoms with van der Waals surface area (Å²) < 4.78 is 8.01. The zero-order valence-electron chi connectivity index (χ0n) is 30.7. The molecule has 5 heteroatoms. The molecule has 8 aromatic carbocycles. The Labute approximate surface area is 333 Å². The molecule has 4 nitrogen and oxygen atoms in total. The van der Waals surface area contributed by atoms with Gasteiger partial charge in [0.2, 0.25) is 0 Å². The highest BCUT2D eigenvalue weighted by Gasteiger charge is 2.23. The normalized spacial score (nSPS) is 11.5. The van der Waals surface area contributed by atoms with Crippen LogP contribution in [0.15, 0.2) is 205 Å². The second-order valence-corrected chi connectivity index (χ2v) is 15.2. The van der Waals surface area contributed by atoms with Crippen molar-refractivity contribution in [1.82, 2.24) is 9.97 Å². The van der Waals surface area contributed by atoms with E-state index in [1.807, 2.05) is 24.3 Å². The van der Waals surface area contributed by atoms with Crippen molar-refractivity contribution in [2.75, 3.05) is 4.90 Å². The lowest BCUT2D eigenvalue weighted by Crippen LogP contribution is -2.10. The minimum Gasteiger partial charge on any atom is -0.455 e. The van der Waals surface area contributed by atoms with Crippen molar-refractivity contribution in [3.63, 3.8) is 0 Å². The van der Waals surface area contributed by atoms with Gasteiger partial charge in [0.1, 0.15) is 16.0 Å². The van der Waals surface area contributed by atoms with Crippen LogP contribution in [0.4, 0.5) is 17.1 Å². The number of aromatic nitrogens is 2. The van der Waals surface area contributed by atoms with Gasteiger partial charge in [0.25, 0.3) is 0 Å². The number of para-hydroxylation sites is 2. The van der Waals surface area contributed by atoms with Gasteiger partial charge >= 0.3 is 0 Å². The molecule has 0 fully saturated rings. The minimum atomic E-state index is 0.728. The smallest absolute Gasteiger partial charge is 0.161 e. The molecular weight excluding hydrogens is 715 g/mol.